The third-order valence-electron chi connectivity index (χ3n) is 6.80. The molecule has 2 aromatic carbocycles. The van der Waals surface area contributed by atoms with Crippen molar-refractivity contribution in [1.29, 1.82) is 0 Å². The van der Waals surface area contributed by atoms with Crippen molar-refractivity contribution in [3.05, 3.63) is 77.8 Å². The SMILES string of the molecule is CCN1CCN(c2ccc(Nc3ncc(CCc4cc(COCN)cc5occc45)cn3)cc2)CC1. The quantitative estimate of drug-likeness (QED) is 0.320. The normalized spacial score (nSPS) is 14.4. The molecule has 2 aromatic heterocycles. The molecule has 5 rings (SSSR count). The lowest BCUT2D eigenvalue weighted by Gasteiger charge is -2.35. The van der Waals surface area contributed by atoms with Crippen molar-refractivity contribution in [2.24, 2.45) is 5.73 Å². The van der Waals surface area contributed by atoms with Crippen LogP contribution in [0.3, 0.4) is 0 Å². The third-order valence-corrected chi connectivity index (χ3v) is 6.80. The van der Waals surface area contributed by atoms with Gasteiger partial charge in [-0.2, -0.15) is 0 Å². The Bertz CT molecular complexity index is 1250. The number of hydrogen-bond donors (Lipinski definition) is 2. The fraction of sp³-hybridized carbons (Fsp3) is 0.357. The second kappa shape index (κ2) is 11.5. The van der Waals surface area contributed by atoms with Crippen molar-refractivity contribution >= 4 is 28.3 Å². The lowest BCUT2D eigenvalue weighted by atomic mass is 10.0. The second-order valence-corrected chi connectivity index (χ2v) is 9.11. The van der Waals surface area contributed by atoms with Crippen LogP contribution in [-0.4, -0.2) is 54.3 Å². The summed E-state index contributed by atoms with van der Waals surface area (Å²) < 4.78 is 11.0. The lowest BCUT2D eigenvalue weighted by Crippen LogP contribution is -2.46. The molecule has 0 unspecified atom stereocenters. The Kier molecular flexibility index (Phi) is 7.76. The van der Waals surface area contributed by atoms with Gasteiger partial charge in [-0.05, 0) is 72.5 Å². The summed E-state index contributed by atoms with van der Waals surface area (Å²) in [5.41, 5.74) is 12.0. The second-order valence-electron chi connectivity index (χ2n) is 9.11. The van der Waals surface area contributed by atoms with Gasteiger partial charge >= 0.3 is 0 Å². The molecule has 0 saturated carbocycles. The maximum Gasteiger partial charge on any atom is 0.227 e. The van der Waals surface area contributed by atoms with E-state index in [2.05, 4.69) is 62.3 Å². The molecule has 3 N–H and O–H groups in total. The van der Waals surface area contributed by atoms with Crippen LogP contribution in [0.25, 0.3) is 11.0 Å². The number of furan rings is 1. The molecular weight excluding hydrogens is 452 g/mol. The molecular formula is C28H34N6O2. The van der Waals surface area contributed by atoms with Crippen LogP contribution >= 0.6 is 0 Å². The van der Waals surface area contributed by atoms with Crippen LogP contribution < -0.4 is 16.0 Å². The first-order chi connectivity index (χ1) is 17.7. The van der Waals surface area contributed by atoms with Crippen molar-refractivity contribution in [3.63, 3.8) is 0 Å². The Morgan fingerprint density at radius 2 is 1.75 bits per heavy atom. The Labute approximate surface area is 212 Å². The molecule has 0 spiro atoms. The minimum absolute atomic E-state index is 0.198. The number of piperazine rings is 1. The molecule has 36 heavy (non-hydrogen) atoms. The number of rotatable bonds is 10. The first-order valence-electron chi connectivity index (χ1n) is 12.6. The summed E-state index contributed by atoms with van der Waals surface area (Å²) in [5, 5.41) is 4.44. The smallest absolute Gasteiger partial charge is 0.227 e. The van der Waals surface area contributed by atoms with Crippen LogP contribution in [0.4, 0.5) is 17.3 Å². The number of fused-ring (bicyclic) bond motifs is 1. The molecule has 0 aliphatic carbocycles. The standard InChI is InChI=1S/C28H34N6O2/c1-2-33-10-12-34(13-11-33)25-7-5-24(6-8-25)32-28-30-17-21(18-31-28)3-4-23-15-22(19-35-20-29)16-27-26(23)9-14-36-27/h5-9,14-18H,2-4,10-13,19-20,29H2,1H3,(H,30,31,32). The average Bonchev–Trinajstić information content (AvgIpc) is 3.41. The molecule has 0 amide bonds. The van der Waals surface area contributed by atoms with Crippen LogP contribution in [0, 0.1) is 0 Å². The van der Waals surface area contributed by atoms with Gasteiger partial charge < -0.3 is 30.0 Å². The average molecular weight is 487 g/mol. The first kappa shape index (κ1) is 24.2. The van der Waals surface area contributed by atoms with Crippen molar-refractivity contribution in [1.82, 2.24) is 14.9 Å². The Morgan fingerprint density at radius 3 is 2.47 bits per heavy atom. The summed E-state index contributed by atoms with van der Waals surface area (Å²) in [5.74, 6) is 0.598. The monoisotopic (exact) mass is 486 g/mol. The number of nitrogens with one attached hydrogen (secondary N) is 1. The highest BCUT2D eigenvalue weighted by Gasteiger charge is 2.15. The molecule has 8 heteroatoms. The van der Waals surface area contributed by atoms with Crippen LogP contribution in [0.5, 0.6) is 0 Å². The highest BCUT2D eigenvalue weighted by atomic mass is 16.5. The van der Waals surface area contributed by atoms with E-state index in [0.29, 0.717) is 12.6 Å². The van der Waals surface area contributed by atoms with Gasteiger partial charge in [0.25, 0.3) is 0 Å². The summed E-state index contributed by atoms with van der Waals surface area (Å²) >= 11 is 0. The molecule has 8 nitrogen and oxygen atoms in total. The van der Waals surface area contributed by atoms with E-state index in [1.54, 1.807) is 6.26 Å². The summed E-state index contributed by atoms with van der Waals surface area (Å²) in [7, 11) is 0. The van der Waals surface area contributed by atoms with Gasteiger partial charge in [0.15, 0.2) is 0 Å². The zero-order chi connectivity index (χ0) is 24.7. The van der Waals surface area contributed by atoms with Crippen LogP contribution in [-0.2, 0) is 24.2 Å². The minimum atomic E-state index is 0.198. The summed E-state index contributed by atoms with van der Waals surface area (Å²) in [4.78, 5) is 14.0. The highest BCUT2D eigenvalue weighted by Crippen LogP contribution is 2.25. The molecule has 0 bridgehead atoms. The van der Waals surface area contributed by atoms with E-state index in [4.69, 9.17) is 14.9 Å². The molecule has 4 aromatic rings. The number of aryl methyl sites for hydroxylation is 2. The first-order valence-corrected chi connectivity index (χ1v) is 12.6. The van der Waals surface area contributed by atoms with Crippen molar-refractivity contribution in [2.45, 2.75) is 26.4 Å². The molecule has 1 saturated heterocycles. The van der Waals surface area contributed by atoms with E-state index in [1.807, 2.05) is 24.5 Å². The van der Waals surface area contributed by atoms with Crippen LogP contribution in [0.1, 0.15) is 23.6 Å². The number of likely N-dealkylation sites (N-methyl/N-ethyl adjacent to an activating group) is 1. The van der Waals surface area contributed by atoms with Gasteiger partial charge in [0.1, 0.15) is 5.58 Å². The van der Waals surface area contributed by atoms with E-state index >= 15 is 0 Å². The molecule has 1 fully saturated rings. The van der Waals surface area contributed by atoms with Gasteiger partial charge in [0.05, 0.1) is 19.6 Å². The third kappa shape index (κ3) is 5.84. The minimum Gasteiger partial charge on any atom is -0.464 e. The molecule has 3 heterocycles. The van der Waals surface area contributed by atoms with E-state index in [9.17, 15) is 0 Å². The number of hydrogen-bond acceptors (Lipinski definition) is 8. The van der Waals surface area contributed by atoms with Gasteiger partial charge in [-0.3, -0.25) is 0 Å². The van der Waals surface area contributed by atoms with Gasteiger partial charge in [0.2, 0.25) is 5.95 Å². The van der Waals surface area contributed by atoms with Crippen LogP contribution in [0.15, 0.2) is 65.5 Å². The Morgan fingerprint density at radius 1 is 0.972 bits per heavy atom. The number of nitrogens with two attached hydrogens (primary N) is 1. The van der Waals surface area contributed by atoms with E-state index in [0.717, 1.165) is 73.3 Å². The number of benzene rings is 2. The molecule has 188 valence electrons. The predicted molar refractivity (Wildman–Crippen MR) is 144 cm³/mol. The number of aromatic nitrogens is 2. The van der Waals surface area contributed by atoms with E-state index < -0.39 is 0 Å². The van der Waals surface area contributed by atoms with Crippen molar-refractivity contribution in [3.8, 4) is 0 Å². The Balaban J connectivity index is 1.17. The molecule has 0 atom stereocenters. The zero-order valence-corrected chi connectivity index (χ0v) is 20.8. The van der Waals surface area contributed by atoms with E-state index in [1.165, 1.54) is 11.3 Å². The fourth-order valence-corrected chi connectivity index (χ4v) is 4.71. The topological polar surface area (TPSA) is 92.7 Å². The van der Waals surface area contributed by atoms with Gasteiger partial charge in [-0.25, -0.2) is 9.97 Å². The number of ether oxygens (including phenoxy) is 1. The largest absolute Gasteiger partial charge is 0.464 e. The Hall–Kier alpha value is -3.46. The lowest BCUT2D eigenvalue weighted by molar-refractivity contribution is 0.127. The number of anilines is 3. The zero-order valence-electron chi connectivity index (χ0n) is 20.8. The van der Waals surface area contributed by atoms with Crippen LogP contribution in [0.2, 0.25) is 0 Å². The van der Waals surface area contributed by atoms with Crippen molar-refractivity contribution in [2.75, 3.05) is 49.7 Å². The van der Waals surface area contributed by atoms with Gasteiger partial charge in [-0.1, -0.05) is 13.0 Å². The fourth-order valence-electron chi connectivity index (χ4n) is 4.71. The van der Waals surface area contributed by atoms with E-state index in [-0.39, 0.29) is 6.73 Å². The molecule has 0 radical (unpaired) electrons. The predicted octanol–water partition coefficient (Wildman–Crippen LogP) is 4.33. The maximum absolute atomic E-state index is 5.63. The molecule has 1 aliphatic heterocycles. The summed E-state index contributed by atoms with van der Waals surface area (Å²) in [6.45, 7) is 8.41. The van der Waals surface area contributed by atoms with Gasteiger partial charge in [-0.15, -0.1) is 0 Å². The molecule has 1 aliphatic rings. The highest BCUT2D eigenvalue weighted by molar-refractivity contribution is 5.81. The summed E-state index contributed by atoms with van der Waals surface area (Å²) in [6.07, 6.45) is 7.21. The maximum atomic E-state index is 5.63. The number of nitrogens with zero attached hydrogens (tertiary/aromatic N) is 4. The van der Waals surface area contributed by atoms with Crippen molar-refractivity contribution < 1.29 is 9.15 Å². The summed E-state index contributed by atoms with van der Waals surface area (Å²) in [6, 6.07) is 14.7. The van der Waals surface area contributed by atoms with Gasteiger partial charge in [0, 0.05) is 55.3 Å².